The number of amides is 2. The number of nitrogens with one attached hydrogen (secondary N) is 1. The summed E-state index contributed by atoms with van der Waals surface area (Å²) >= 11 is 0. The second kappa shape index (κ2) is 8.14. The van der Waals surface area contributed by atoms with Crippen molar-refractivity contribution >= 4 is 11.8 Å². The molecule has 2 aromatic rings. The Morgan fingerprint density at radius 1 is 1.31 bits per heavy atom. The fraction of sp³-hybridized carbons (Fsp3) is 0.421. The number of carbonyl (C=O) groups is 2. The molecule has 7 heteroatoms. The van der Waals surface area contributed by atoms with Crippen molar-refractivity contribution in [2.45, 2.75) is 19.8 Å². The fourth-order valence-electron chi connectivity index (χ4n) is 3.21. The van der Waals surface area contributed by atoms with Crippen molar-refractivity contribution in [3.05, 3.63) is 47.8 Å². The summed E-state index contributed by atoms with van der Waals surface area (Å²) in [5.74, 6) is -0.215. The normalized spacial score (nSPS) is 17.2. The number of hydrogen-bond acceptors (Lipinski definition) is 4. The minimum absolute atomic E-state index is 0.0163. The molecule has 3 N–H and O–H groups in total. The Kier molecular flexibility index (Phi) is 5.68. The average Bonchev–Trinajstić information content (AvgIpc) is 3.12. The molecule has 1 atom stereocenters. The molecule has 2 amide bonds. The molecule has 1 saturated heterocycles. The summed E-state index contributed by atoms with van der Waals surface area (Å²) in [6, 6.07) is 7.39. The Bertz CT molecular complexity index is 768. The number of hydrogen-bond donors (Lipinski definition) is 2. The number of aromatic nitrogens is 2. The summed E-state index contributed by atoms with van der Waals surface area (Å²) in [7, 11) is 0. The second-order valence-electron chi connectivity index (χ2n) is 6.68. The van der Waals surface area contributed by atoms with Gasteiger partial charge in [-0.15, -0.1) is 0 Å². The van der Waals surface area contributed by atoms with Gasteiger partial charge in [0.2, 0.25) is 5.91 Å². The SMILES string of the molecule is Cc1cnn(-c2ccc(C(=O)N3CCCC(C(=O)NCCN)C3)cc2)c1. The monoisotopic (exact) mass is 355 g/mol. The van der Waals surface area contributed by atoms with Crippen LogP contribution in [0.15, 0.2) is 36.7 Å². The predicted octanol–water partition coefficient (Wildman–Crippen LogP) is 1.11. The van der Waals surface area contributed by atoms with Gasteiger partial charge in [0.25, 0.3) is 5.91 Å². The van der Waals surface area contributed by atoms with Gasteiger partial charge in [-0.05, 0) is 49.6 Å². The first-order chi connectivity index (χ1) is 12.6. The van der Waals surface area contributed by atoms with Crippen LogP contribution in [0, 0.1) is 12.8 Å². The van der Waals surface area contributed by atoms with Crippen LogP contribution in [-0.4, -0.2) is 52.7 Å². The zero-order chi connectivity index (χ0) is 18.5. The van der Waals surface area contributed by atoms with E-state index < -0.39 is 0 Å². The molecule has 1 fully saturated rings. The van der Waals surface area contributed by atoms with Crippen molar-refractivity contribution in [1.29, 1.82) is 0 Å². The number of piperidine rings is 1. The summed E-state index contributed by atoms with van der Waals surface area (Å²) in [5.41, 5.74) is 8.04. The first-order valence-corrected chi connectivity index (χ1v) is 8.97. The van der Waals surface area contributed by atoms with Gasteiger partial charge in [-0.1, -0.05) is 0 Å². The second-order valence-corrected chi connectivity index (χ2v) is 6.68. The Labute approximate surface area is 153 Å². The summed E-state index contributed by atoms with van der Waals surface area (Å²) in [4.78, 5) is 26.7. The van der Waals surface area contributed by atoms with Crippen molar-refractivity contribution in [2.24, 2.45) is 11.7 Å². The Morgan fingerprint density at radius 3 is 2.73 bits per heavy atom. The fourth-order valence-corrected chi connectivity index (χ4v) is 3.21. The van der Waals surface area contributed by atoms with Crippen molar-refractivity contribution in [3.63, 3.8) is 0 Å². The van der Waals surface area contributed by atoms with Crippen LogP contribution in [0.5, 0.6) is 0 Å². The highest BCUT2D eigenvalue weighted by Crippen LogP contribution is 2.19. The van der Waals surface area contributed by atoms with Gasteiger partial charge in [0, 0.05) is 37.9 Å². The first-order valence-electron chi connectivity index (χ1n) is 8.97. The maximum atomic E-state index is 12.8. The Balaban J connectivity index is 1.65. The zero-order valence-electron chi connectivity index (χ0n) is 15.0. The maximum Gasteiger partial charge on any atom is 0.253 e. The van der Waals surface area contributed by atoms with Crippen LogP contribution in [0.3, 0.4) is 0 Å². The lowest BCUT2D eigenvalue weighted by Gasteiger charge is -2.32. The number of rotatable bonds is 5. The van der Waals surface area contributed by atoms with Gasteiger partial charge >= 0.3 is 0 Å². The maximum absolute atomic E-state index is 12.8. The van der Waals surface area contributed by atoms with Crippen LogP contribution in [0.1, 0.15) is 28.8 Å². The molecule has 138 valence electrons. The highest BCUT2D eigenvalue weighted by molar-refractivity contribution is 5.95. The van der Waals surface area contributed by atoms with E-state index in [4.69, 9.17) is 5.73 Å². The van der Waals surface area contributed by atoms with Crippen LogP contribution >= 0.6 is 0 Å². The van der Waals surface area contributed by atoms with E-state index in [1.54, 1.807) is 15.8 Å². The molecule has 0 radical (unpaired) electrons. The summed E-state index contributed by atoms with van der Waals surface area (Å²) in [6.07, 6.45) is 5.36. The van der Waals surface area contributed by atoms with E-state index in [0.717, 1.165) is 24.1 Å². The summed E-state index contributed by atoms with van der Waals surface area (Å²) in [6.45, 7) is 4.01. The van der Waals surface area contributed by atoms with Crippen LogP contribution in [0.4, 0.5) is 0 Å². The largest absolute Gasteiger partial charge is 0.355 e. The third kappa shape index (κ3) is 4.11. The minimum Gasteiger partial charge on any atom is -0.355 e. The van der Waals surface area contributed by atoms with Crippen molar-refractivity contribution in [3.8, 4) is 5.69 Å². The molecule has 1 unspecified atom stereocenters. The molecule has 1 aliphatic rings. The van der Waals surface area contributed by atoms with Gasteiger partial charge in [0.05, 0.1) is 17.8 Å². The van der Waals surface area contributed by atoms with Crippen molar-refractivity contribution in [2.75, 3.05) is 26.2 Å². The van der Waals surface area contributed by atoms with Gasteiger partial charge in [-0.3, -0.25) is 9.59 Å². The number of carbonyl (C=O) groups excluding carboxylic acids is 2. The number of likely N-dealkylation sites (tertiary alicyclic amines) is 1. The predicted molar refractivity (Wildman–Crippen MR) is 99.0 cm³/mol. The van der Waals surface area contributed by atoms with E-state index in [1.807, 2.05) is 37.4 Å². The first kappa shape index (κ1) is 18.1. The van der Waals surface area contributed by atoms with Gasteiger partial charge in [-0.25, -0.2) is 4.68 Å². The quantitative estimate of drug-likeness (QED) is 0.840. The molecular weight excluding hydrogens is 330 g/mol. The van der Waals surface area contributed by atoms with E-state index >= 15 is 0 Å². The van der Waals surface area contributed by atoms with Crippen molar-refractivity contribution < 1.29 is 9.59 Å². The van der Waals surface area contributed by atoms with Crippen molar-refractivity contribution in [1.82, 2.24) is 20.0 Å². The molecule has 26 heavy (non-hydrogen) atoms. The van der Waals surface area contributed by atoms with Crippen LogP contribution in [0.25, 0.3) is 5.69 Å². The molecule has 0 bridgehead atoms. The number of nitrogens with two attached hydrogens (primary N) is 1. The van der Waals surface area contributed by atoms with E-state index in [0.29, 0.717) is 31.7 Å². The molecule has 1 aliphatic heterocycles. The topological polar surface area (TPSA) is 93.2 Å². The molecule has 0 spiro atoms. The smallest absolute Gasteiger partial charge is 0.253 e. The van der Waals surface area contributed by atoms with E-state index in [-0.39, 0.29) is 17.7 Å². The number of aryl methyl sites for hydroxylation is 1. The number of benzene rings is 1. The Morgan fingerprint density at radius 2 is 2.08 bits per heavy atom. The lowest BCUT2D eigenvalue weighted by Crippen LogP contribution is -2.46. The lowest BCUT2D eigenvalue weighted by molar-refractivity contribution is -0.126. The standard InChI is InChI=1S/C19H25N5O2/c1-14-11-22-24(12-14)17-6-4-15(5-7-17)19(26)23-10-2-3-16(13-23)18(25)21-9-8-20/h4-7,11-12,16H,2-3,8-10,13,20H2,1H3,(H,21,25). The minimum atomic E-state index is -0.162. The third-order valence-electron chi connectivity index (χ3n) is 4.61. The van der Waals surface area contributed by atoms with Gasteiger partial charge in [0.15, 0.2) is 0 Å². The van der Waals surface area contributed by atoms with E-state index in [2.05, 4.69) is 10.4 Å². The van der Waals surface area contributed by atoms with E-state index in [1.165, 1.54) is 0 Å². The number of nitrogens with zero attached hydrogens (tertiary/aromatic N) is 3. The van der Waals surface area contributed by atoms with Gasteiger partial charge in [-0.2, -0.15) is 5.10 Å². The highest BCUT2D eigenvalue weighted by atomic mass is 16.2. The van der Waals surface area contributed by atoms with E-state index in [9.17, 15) is 9.59 Å². The summed E-state index contributed by atoms with van der Waals surface area (Å²) in [5, 5.41) is 7.09. The zero-order valence-corrected chi connectivity index (χ0v) is 15.0. The lowest BCUT2D eigenvalue weighted by atomic mass is 9.96. The molecule has 0 saturated carbocycles. The highest BCUT2D eigenvalue weighted by Gasteiger charge is 2.28. The molecule has 0 aliphatic carbocycles. The Hall–Kier alpha value is -2.67. The van der Waals surface area contributed by atoms with Crippen LogP contribution in [0.2, 0.25) is 0 Å². The van der Waals surface area contributed by atoms with Gasteiger partial charge in [0.1, 0.15) is 0 Å². The van der Waals surface area contributed by atoms with Crippen LogP contribution < -0.4 is 11.1 Å². The molecule has 1 aromatic carbocycles. The molecular formula is C19H25N5O2. The average molecular weight is 355 g/mol. The summed E-state index contributed by atoms with van der Waals surface area (Å²) < 4.78 is 1.78. The molecule has 3 rings (SSSR count). The third-order valence-corrected chi connectivity index (χ3v) is 4.61. The molecule has 2 heterocycles. The molecule has 7 nitrogen and oxygen atoms in total. The van der Waals surface area contributed by atoms with Crippen LogP contribution in [-0.2, 0) is 4.79 Å². The molecule has 1 aromatic heterocycles. The van der Waals surface area contributed by atoms with Gasteiger partial charge < -0.3 is 16.0 Å².